The molecule has 1 atom stereocenters. The Kier molecular flexibility index (Phi) is 7.97. The van der Waals surface area contributed by atoms with Gasteiger partial charge in [0.15, 0.2) is 6.61 Å². The van der Waals surface area contributed by atoms with Crippen molar-refractivity contribution < 1.29 is 27.2 Å². The zero-order valence-corrected chi connectivity index (χ0v) is 18.9. The summed E-state index contributed by atoms with van der Waals surface area (Å²) in [7, 11) is 0. The topological polar surface area (TPSA) is 68.5 Å². The molecular weight excluding hydrogens is 459 g/mol. The lowest BCUT2D eigenvalue weighted by molar-refractivity contribution is -0.137. The zero-order valence-electron chi connectivity index (χ0n) is 18.1. The second kappa shape index (κ2) is 10.7. The van der Waals surface area contributed by atoms with E-state index in [4.69, 9.17) is 20.9 Å². The van der Waals surface area contributed by atoms with Crippen LogP contribution in [0.1, 0.15) is 31.7 Å². The molecule has 3 rings (SSSR count). The predicted octanol–water partition coefficient (Wildman–Crippen LogP) is 5.66. The predicted molar refractivity (Wildman–Crippen MR) is 117 cm³/mol. The van der Waals surface area contributed by atoms with E-state index in [2.05, 4.69) is 10.1 Å². The third-order valence-electron chi connectivity index (χ3n) is 5.10. The van der Waals surface area contributed by atoms with Gasteiger partial charge in [0, 0.05) is 29.6 Å². The summed E-state index contributed by atoms with van der Waals surface area (Å²) in [6.45, 7) is 4.03. The van der Waals surface area contributed by atoms with Crippen molar-refractivity contribution in [1.29, 1.82) is 0 Å². The maximum Gasteiger partial charge on any atom is 0.416 e. The van der Waals surface area contributed by atoms with Crippen molar-refractivity contribution in [3.8, 4) is 17.1 Å². The van der Waals surface area contributed by atoms with Crippen LogP contribution in [0.4, 0.5) is 13.2 Å². The van der Waals surface area contributed by atoms with Gasteiger partial charge in [0.2, 0.25) is 11.7 Å². The summed E-state index contributed by atoms with van der Waals surface area (Å²) in [5.74, 6) is 0.599. The van der Waals surface area contributed by atoms with Crippen molar-refractivity contribution >= 4 is 17.5 Å². The largest absolute Gasteiger partial charge is 0.484 e. The number of rotatable bonds is 9. The molecule has 0 unspecified atom stereocenters. The minimum atomic E-state index is -4.46. The van der Waals surface area contributed by atoms with Crippen molar-refractivity contribution in [2.24, 2.45) is 0 Å². The monoisotopic (exact) mass is 481 g/mol. The van der Waals surface area contributed by atoms with E-state index in [1.807, 2.05) is 13.8 Å². The minimum absolute atomic E-state index is 0.0582. The van der Waals surface area contributed by atoms with Crippen LogP contribution in [0.2, 0.25) is 5.02 Å². The summed E-state index contributed by atoms with van der Waals surface area (Å²) in [5.41, 5.74) is -0.591. The van der Waals surface area contributed by atoms with Gasteiger partial charge in [-0.05, 0) is 49.7 Å². The van der Waals surface area contributed by atoms with Crippen LogP contribution >= 0.6 is 11.6 Å². The Morgan fingerprint density at radius 3 is 2.61 bits per heavy atom. The van der Waals surface area contributed by atoms with Crippen LogP contribution in [0.3, 0.4) is 0 Å². The van der Waals surface area contributed by atoms with Crippen LogP contribution in [0, 0.1) is 0 Å². The van der Waals surface area contributed by atoms with Gasteiger partial charge in [-0.25, -0.2) is 0 Å². The fraction of sp³-hybridized carbons (Fsp3) is 0.348. The Hall–Kier alpha value is -3.07. The van der Waals surface area contributed by atoms with Crippen LogP contribution < -0.4 is 4.74 Å². The molecule has 0 bridgehead atoms. The summed E-state index contributed by atoms with van der Waals surface area (Å²) >= 11 is 5.85. The number of nitrogens with zero attached hydrogens (tertiary/aromatic N) is 3. The number of aromatic nitrogens is 2. The van der Waals surface area contributed by atoms with Crippen molar-refractivity contribution in [2.45, 2.75) is 38.9 Å². The molecule has 0 spiro atoms. The standard InChI is InChI=1S/C23H23ClF3N3O3/c1-3-15(2)30(21(31)14-32-19-9-7-18(24)8-10-19)12-11-20-28-22(29-33-20)16-5-4-6-17(13-16)23(25,26)27/h4-10,13,15H,3,11-12,14H2,1-2H3/t15-/m0/s1. The summed E-state index contributed by atoms with van der Waals surface area (Å²) < 4.78 is 49.6. The average Bonchev–Trinajstić information content (AvgIpc) is 3.27. The maximum absolute atomic E-state index is 13.0. The summed E-state index contributed by atoms with van der Waals surface area (Å²) in [4.78, 5) is 18.6. The van der Waals surface area contributed by atoms with Crippen LogP contribution in [0.25, 0.3) is 11.4 Å². The van der Waals surface area contributed by atoms with E-state index in [1.54, 1.807) is 29.2 Å². The summed E-state index contributed by atoms with van der Waals surface area (Å²) in [6, 6.07) is 11.4. The van der Waals surface area contributed by atoms with Crippen molar-refractivity contribution in [2.75, 3.05) is 13.2 Å². The Labute approximate surface area is 194 Å². The van der Waals surface area contributed by atoms with Gasteiger partial charge < -0.3 is 14.2 Å². The van der Waals surface area contributed by atoms with E-state index in [1.165, 1.54) is 12.1 Å². The summed E-state index contributed by atoms with van der Waals surface area (Å²) in [5, 5.41) is 4.36. The van der Waals surface area contributed by atoms with Crippen LogP contribution in [-0.2, 0) is 17.4 Å². The number of hydrogen-bond donors (Lipinski definition) is 0. The van der Waals surface area contributed by atoms with Crippen LogP contribution in [0.15, 0.2) is 53.1 Å². The highest BCUT2D eigenvalue weighted by molar-refractivity contribution is 6.30. The molecule has 0 saturated carbocycles. The number of hydrogen-bond acceptors (Lipinski definition) is 5. The molecule has 6 nitrogen and oxygen atoms in total. The molecule has 0 N–H and O–H groups in total. The van der Waals surface area contributed by atoms with Gasteiger partial charge in [0.25, 0.3) is 5.91 Å². The lowest BCUT2D eigenvalue weighted by Crippen LogP contribution is -2.42. The molecule has 3 aromatic rings. The molecule has 1 aromatic heterocycles. The molecule has 10 heteroatoms. The lowest BCUT2D eigenvalue weighted by atomic mass is 10.1. The first-order valence-electron chi connectivity index (χ1n) is 10.4. The molecule has 0 aliphatic heterocycles. The molecule has 2 aromatic carbocycles. The first-order chi connectivity index (χ1) is 15.7. The van der Waals surface area contributed by atoms with Gasteiger partial charge in [-0.2, -0.15) is 18.2 Å². The van der Waals surface area contributed by atoms with E-state index in [0.717, 1.165) is 18.6 Å². The van der Waals surface area contributed by atoms with Gasteiger partial charge >= 0.3 is 6.18 Å². The average molecular weight is 482 g/mol. The second-order valence-corrected chi connectivity index (χ2v) is 7.86. The molecule has 1 heterocycles. The van der Waals surface area contributed by atoms with Crippen molar-refractivity contribution in [1.82, 2.24) is 15.0 Å². The van der Waals surface area contributed by atoms with E-state index in [9.17, 15) is 18.0 Å². The molecule has 0 aliphatic rings. The minimum Gasteiger partial charge on any atom is -0.484 e. The molecule has 0 aliphatic carbocycles. The van der Waals surface area contributed by atoms with Gasteiger partial charge in [0.05, 0.1) is 5.56 Å². The third-order valence-corrected chi connectivity index (χ3v) is 5.35. The number of ether oxygens (including phenoxy) is 1. The quantitative estimate of drug-likeness (QED) is 0.394. The van der Waals surface area contributed by atoms with E-state index in [0.29, 0.717) is 17.3 Å². The molecular formula is C23H23ClF3N3O3. The number of carbonyl (C=O) groups is 1. The van der Waals surface area contributed by atoms with E-state index < -0.39 is 11.7 Å². The number of carbonyl (C=O) groups excluding carboxylic acids is 1. The maximum atomic E-state index is 13.0. The Morgan fingerprint density at radius 1 is 1.21 bits per heavy atom. The van der Waals surface area contributed by atoms with Gasteiger partial charge in [-0.3, -0.25) is 4.79 Å². The second-order valence-electron chi connectivity index (χ2n) is 7.43. The van der Waals surface area contributed by atoms with Gasteiger partial charge in [0.1, 0.15) is 5.75 Å². The first kappa shape index (κ1) is 24.6. The van der Waals surface area contributed by atoms with E-state index in [-0.39, 0.29) is 42.3 Å². The Balaban J connectivity index is 1.64. The lowest BCUT2D eigenvalue weighted by Gasteiger charge is -2.28. The van der Waals surface area contributed by atoms with Gasteiger partial charge in [-0.15, -0.1) is 0 Å². The molecule has 0 fully saturated rings. The Bertz CT molecular complexity index is 1070. The fourth-order valence-corrected chi connectivity index (χ4v) is 3.22. The molecule has 1 amide bonds. The van der Waals surface area contributed by atoms with Crippen LogP contribution in [-0.4, -0.2) is 40.1 Å². The molecule has 0 radical (unpaired) electrons. The summed E-state index contributed by atoms with van der Waals surface area (Å²) in [6.07, 6.45) is -3.48. The SMILES string of the molecule is CC[C@H](C)N(CCc1nc(-c2cccc(C(F)(F)F)c2)no1)C(=O)COc1ccc(Cl)cc1. The highest BCUT2D eigenvalue weighted by Crippen LogP contribution is 2.31. The highest BCUT2D eigenvalue weighted by Gasteiger charge is 2.31. The number of halogens is 4. The first-order valence-corrected chi connectivity index (χ1v) is 10.7. The number of alkyl halides is 3. The Morgan fingerprint density at radius 2 is 1.94 bits per heavy atom. The fourth-order valence-electron chi connectivity index (χ4n) is 3.09. The number of amides is 1. The number of benzene rings is 2. The third kappa shape index (κ3) is 6.71. The van der Waals surface area contributed by atoms with Gasteiger partial charge in [-0.1, -0.05) is 35.8 Å². The smallest absolute Gasteiger partial charge is 0.416 e. The van der Waals surface area contributed by atoms with Crippen molar-refractivity contribution in [3.05, 3.63) is 65.0 Å². The van der Waals surface area contributed by atoms with E-state index >= 15 is 0 Å². The molecule has 33 heavy (non-hydrogen) atoms. The van der Waals surface area contributed by atoms with Crippen LogP contribution in [0.5, 0.6) is 5.75 Å². The molecule has 0 saturated heterocycles. The highest BCUT2D eigenvalue weighted by atomic mass is 35.5. The molecule has 176 valence electrons. The van der Waals surface area contributed by atoms with Crippen molar-refractivity contribution in [3.63, 3.8) is 0 Å². The zero-order chi connectivity index (χ0) is 24.0. The normalized spacial score (nSPS) is 12.4.